The van der Waals surface area contributed by atoms with Crippen LogP contribution in [0.3, 0.4) is 0 Å². The van der Waals surface area contributed by atoms with Gasteiger partial charge in [0.2, 0.25) is 0 Å². The highest BCUT2D eigenvalue weighted by atomic mass is 16.5. The summed E-state index contributed by atoms with van der Waals surface area (Å²) in [6, 6.07) is 25.6. The lowest BCUT2D eigenvalue weighted by molar-refractivity contribution is 0.484. The van der Waals surface area contributed by atoms with E-state index in [-0.39, 0.29) is 0 Å². The van der Waals surface area contributed by atoms with E-state index in [1.165, 1.54) is 29.7 Å². The fourth-order valence-corrected chi connectivity index (χ4v) is 4.48. The number of rotatable bonds is 3. The van der Waals surface area contributed by atoms with E-state index in [1.807, 2.05) is 36.4 Å². The van der Waals surface area contributed by atoms with Gasteiger partial charge in [-0.25, -0.2) is 0 Å². The second kappa shape index (κ2) is 7.09. The topological polar surface area (TPSA) is 33.3 Å². The molecule has 0 saturated carbocycles. The third kappa shape index (κ3) is 3.08. The number of nitrogens with one attached hydrogen (secondary N) is 2. The average Bonchev–Trinajstić information content (AvgIpc) is 2.91. The molecule has 3 heteroatoms. The molecule has 2 N–H and O–H groups in total. The molecule has 2 aliphatic heterocycles. The largest absolute Gasteiger partial charge is 0.457 e. The average molecular weight is 356 g/mol. The molecule has 0 radical (unpaired) electrons. The Balaban J connectivity index is 1.58. The Kier molecular flexibility index (Phi) is 4.30. The quantitative estimate of drug-likeness (QED) is 0.658. The van der Waals surface area contributed by atoms with Crippen LogP contribution in [0, 0.1) is 0 Å². The lowest BCUT2D eigenvalue weighted by Crippen LogP contribution is -2.21. The molecule has 27 heavy (non-hydrogen) atoms. The van der Waals surface area contributed by atoms with E-state index in [9.17, 15) is 0 Å². The van der Waals surface area contributed by atoms with Crippen molar-refractivity contribution in [3.8, 4) is 22.6 Å². The highest BCUT2D eigenvalue weighted by Gasteiger charge is 2.35. The van der Waals surface area contributed by atoms with Crippen LogP contribution >= 0.6 is 0 Å². The zero-order valence-corrected chi connectivity index (χ0v) is 15.3. The van der Waals surface area contributed by atoms with Gasteiger partial charge in [0, 0.05) is 23.2 Å². The second-order valence-electron chi connectivity index (χ2n) is 7.36. The summed E-state index contributed by atoms with van der Waals surface area (Å²) in [5.41, 5.74) is 5.20. The van der Waals surface area contributed by atoms with Crippen LogP contribution in [0.4, 0.5) is 5.69 Å². The normalized spacial score (nSPS) is 20.9. The maximum atomic E-state index is 6.25. The number of hydrogen-bond donors (Lipinski definition) is 2. The van der Waals surface area contributed by atoms with E-state index in [2.05, 4.69) is 47.0 Å². The van der Waals surface area contributed by atoms with E-state index < -0.39 is 0 Å². The van der Waals surface area contributed by atoms with Gasteiger partial charge in [-0.05, 0) is 61.3 Å². The van der Waals surface area contributed by atoms with Crippen LogP contribution in [0.1, 0.15) is 24.3 Å². The fourth-order valence-electron chi connectivity index (χ4n) is 4.48. The summed E-state index contributed by atoms with van der Waals surface area (Å²) >= 11 is 0. The molecule has 5 rings (SSSR count). The molecule has 2 atom stereocenters. The monoisotopic (exact) mass is 356 g/mol. The molecule has 0 unspecified atom stereocenters. The Morgan fingerprint density at radius 1 is 0.741 bits per heavy atom. The van der Waals surface area contributed by atoms with Crippen molar-refractivity contribution in [1.29, 1.82) is 0 Å². The summed E-state index contributed by atoms with van der Waals surface area (Å²) in [7, 11) is 0. The molecule has 1 saturated heterocycles. The molecule has 3 aromatic rings. The molecule has 136 valence electrons. The highest BCUT2D eigenvalue weighted by Crippen LogP contribution is 2.47. The minimum absolute atomic E-state index is 0.526. The summed E-state index contributed by atoms with van der Waals surface area (Å²) in [5, 5.41) is 7.32. The van der Waals surface area contributed by atoms with Gasteiger partial charge < -0.3 is 15.4 Å². The standard InChI is InChI=1S/C24H24N2O/c1-2-7-17(8-3-1)27-23-12-5-4-9-18(23)19-10-6-11-22-24(19)20-13-15-25-16-14-21(20)26-22/h1-12,20-21,25-26H,13-16H2/t20-,21+/m1/s1. The summed E-state index contributed by atoms with van der Waals surface area (Å²) in [4.78, 5) is 0. The predicted molar refractivity (Wildman–Crippen MR) is 111 cm³/mol. The first kappa shape index (κ1) is 16.4. The first-order valence-corrected chi connectivity index (χ1v) is 9.82. The minimum atomic E-state index is 0.526. The zero-order valence-electron chi connectivity index (χ0n) is 15.3. The van der Waals surface area contributed by atoms with Gasteiger partial charge in [-0.1, -0.05) is 48.5 Å². The van der Waals surface area contributed by atoms with Gasteiger partial charge in [-0.2, -0.15) is 0 Å². The molecule has 2 aliphatic rings. The van der Waals surface area contributed by atoms with Crippen LogP contribution in [0.25, 0.3) is 11.1 Å². The van der Waals surface area contributed by atoms with E-state index in [4.69, 9.17) is 4.74 Å². The molecule has 0 bridgehead atoms. The van der Waals surface area contributed by atoms with E-state index in [0.29, 0.717) is 12.0 Å². The van der Waals surface area contributed by atoms with Crippen molar-refractivity contribution < 1.29 is 4.74 Å². The third-order valence-electron chi connectivity index (χ3n) is 5.72. The van der Waals surface area contributed by atoms with Crippen LogP contribution in [-0.4, -0.2) is 19.1 Å². The number of benzene rings is 3. The molecular formula is C24H24N2O. The first-order valence-electron chi connectivity index (χ1n) is 9.82. The molecule has 3 nitrogen and oxygen atoms in total. The summed E-state index contributed by atoms with van der Waals surface area (Å²) < 4.78 is 6.25. The Bertz CT molecular complexity index is 938. The van der Waals surface area contributed by atoms with Gasteiger partial charge in [0.25, 0.3) is 0 Å². The van der Waals surface area contributed by atoms with Gasteiger partial charge in [0.05, 0.1) is 0 Å². The van der Waals surface area contributed by atoms with Gasteiger partial charge in [0.1, 0.15) is 11.5 Å². The minimum Gasteiger partial charge on any atom is -0.457 e. The van der Waals surface area contributed by atoms with Gasteiger partial charge >= 0.3 is 0 Å². The van der Waals surface area contributed by atoms with E-state index in [1.54, 1.807) is 0 Å². The second-order valence-corrected chi connectivity index (χ2v) is 7.36. The Labute approximate surface area is 160 Å². The Hall–Kier alpha value is -2.78. The predicted octanol–water partition coefficient (Wildman–Crippen LogP) is 5.41. The molecule has 0 aromatic heterocycles. The van der Waals surface area contributed by atoms with E-state index in [0.717, 1.165) is 30.2 Å². The lowest BCUT2D eigenvalue weighted by atomic mass is 9.85. The number of ether oxygens (including phenoxy) is 1. The summed E-state index contributed by atoms with van der Waals surface area (Å²) in [6.07, 6.45) is 2.34. The Morgan fingerprint density at radius 3 is 2.44 bits per heavy atom. The molecule has 3 aromatic carbocycles. The molecule has 0 aliphatic carbocycles. The number of anilines is 1. The SMILES string of the molecule is c1ccc(Oc2ccccc2-c2cccc3c2[C@@H]2CCNCC[C@@H]2N3)cc1. The fraction of sp³-hybridized carbons (Fsp3) is 0.250. The molecular weight excluding hydrogens is 332 g/mol. The van der Waals surface area contributed by atoms with E-state index >= 15 is 0 Å². The van der Waals surface area contributed by atoms with Gasteiger partial charge in [-0.15, -0.1) is 0 Å². The van der Waals surface area contributed by atoms with Crippen molar-refractivity contribution in [2.45, 2.75) is 24.8 Å². The van der Waals surface area contributed by atoms with Crippen molar-refractivity contribution in [2.24, 2.45) is 0 Å². The zero-order chi connectivity index (χ0) is 18.1. The van der Waals surface area contributed by atoms with Gasteiger partial charge in [-0.3, -0.25) is 0 Å². The summed E-state index contributed by atoms with van der Waals surface area (Å²) in [5.74, 6) is 2.33. The number of para-hydroxylation sites is 2. The highest BCUT2D eigenvalue weighted by molar-refractivity contribution is 5.81. The molecule has 2 heterocycles. The maximum absolute atomic E-state index is 6.25. The van der Waals surface area contributed by atoms with Crippen LogP contribution in [0.15, 0.2) is 72.8 Å². The first-order chi connectivity index (χ1) is 13.4. The van der Waals surface area contributed by atoms with Crippen molar-refractivity contribution in [2.75, 3.05) is 18.4 Å². The van der Waals surface area contributed by atoms with Crippen molar-refractivity contribution in [3.63, 3.8) is 0 Å². The lowest BCUT2D eigenvalue weighted by Gasteiger charge is -2.19. The van der Waals surface area contributed by atoms with Crippen LogP contribution < -0.4 is 15.4 Å². The molecule has 0 amide bonds. The van der Waals surface area contributed by atoms with Crippen molar-refractivity contribution >= 4 is 5.69 Å². The molecule has 1 fully saturated rings. The van der Waals surface area contributed by atoms with Crippen LogP contribution in [0.5, 0.6) is 11.5 Å². The Morgan fingerprint density at radius 2 is 1.52 bits per heavy atom. The smallest absolute Gasteiger partial charge is 0.135 e. The van der Waals surface area contributed by atoms with Crippen LogP contribution in [0.2, 0.25) is 0 Å². The van der Waals surface area contributed by atoms with Gasteiger partial charge in [0.15, 0.2) is 0 Å². The van der Waals surface area contributed by atoms with Crippen molar-refractivity contribution in [1.82, 2.24) is 5.32 Å². The van der Waals surface area contributed by atoms with Crippen LogP contribution in [-0.2, 0) is 0 Å². The number of hydrogen-bond acceptors (Lipinski definition) is 3. The number of fused-ring (bicyclic) bond motifs is 3. The maximum Gasteiger partial charge on any atom is 0.135 e. The van der Waals surface area contributed by atoms with Crippen molar-refractivity contribution in [3.05, 3.63) is 78.4 Å². The summed E-state index contributed by atoms with van der Waals surface area (Å²) in [6.45, 7) is 2.17. The third-order valence-corrected chi connectivity index (χ3v) is 5.72. The molecule has 0 spiro atoms.